The number of pyridine rings is 1. The lowest BCUT2D eigenvalue weighted by Gasteiger charge is -2.30. The molecule has 84 heavy (non-hydrogen) atoms. The number of amides is 7. The van der Waals surface area contributed by atoms with Gasteiger partial charge >= 0.3 is 6.09 Å². The monoisotopic (exact) mass is 1170 g/mol. The molecule has 1 aromatic heterocycles. The first-order valence-electron chi connectivity index (χ1n) is 29.9. The van der Waals surface area contributed by atoms with Gasteiger partial charge in [-0.3, -0.25) is 33.8 Å². The standard InChI is InChI=1S/C64H95N9O11/c1-13-15-31-65-55(75)39-54(74)51(35-40(3)4)71-62(80)56(42(7)14-2)73-59(77)45-25-29-48(30-26-45)83-47-27-23-44(24-28-47)58(76)72-53(36-41(5)6)61(79)70-50(22-16-17-32-68-63(81)84-64(9,10)11)60(78)67-34-18-20-43(8)69-52-38-49(82-12)37-46-21-19-33-66-57(46)52/h19,21,23-30,33,37-38,40-43,50-51,53-54,56,69,74H,13-18,20,22,31-32,34-36,39H2,1-12H3,(H,65,75)(H,67,78)(H,68,81)(H,70,79)(H,71,80)(H,72,76)(H,73,77)/t42-,43?,50-,51-,53-,54-,56-/m0/s1. The van der Waals surface area contributed by atoms with Crippen LogP contribution < -0.4 is 52.0 Å². The third kappa shape index (κ3) is 24.4. The fraction of sp³-hybridized carbons (Fsp3) is 0.562. The number of benzene rings is 3. The predicted molar refractivity (Wildman–Crippen MR) is 328 cm³/mol. The molecule has 0 aliphatic heterocycles. The Kier molecular flexibility index (Phi) is 28.7. The maximum Gasteiger partial charge on any atom is 0.407 e. The van der Waals surface area contributed by atoms with Gasteiger partial charge in [0.1, 0.15) is 41.0 Å². The first kappa shape index (κ1) is 69.0. The molecule has 0 saturated carbocycles. The summed E-state index contributed by atoms with van der Waals surface area (Å²) in [6.07, 6.45) is 5.60. The van der Waals surface area contributed by atoms with Crippen LogP contribution in [0.1, 0.15) is 168 Å². The molecule has 0 bridgehead atoms. The van der Waals surface area contributed by atoms with Gasteiger partial charge in [-0.25, -0.2) is 4.79 Å². The number of carbonyl (C=O) groups is 7. The van der Waals surface area contributed by atoms with Gasteiger partial charge in [0.2, 0.25) is 23.6 Å². The number of unbranched alkanes of at least 4 members (excludes halogenated alkanes) is 2. The van der Waals surface area contributed by atoms with Gasteiger partial charge in [-0.05, 0) is 157 Å². The van der Waals surface area contributed by atoms with Gasteiger partial charge in [0.05, 0.1) is 36.9 Å². The summed E-state index contributed by atoms with van der Waals surface area (Å²) in [5.41, 5.74) is 1.56. The van der Waals surface area contributed by atoms with E-state index in [9.17, 15) is 38.7 Å². The van der Waals surface area contributed by atoms with Gasteiger partial charge in [-0.2, -0.15) is 0 Å². The first-order chi connectivity index (χ1) is 39.9. The molecular weight excluding hydrogens is 1070 g/mol. The molecule has 1 unspecified atom stereocenters. The quantitative estimate of drug-likeness (QED) is 0.0195. The third-order valence-electron chi connectivity index (χ3n) is 14.0. The van der Waals surface area contributed by atoms with E-state index < -0.39 is 65.6 Å². The molecule has 0 aliphatic carbocycles. The van der Waals surface area contributed by atoms with Crippen LogP contribution in [0.4, 0.5) is 10.5 Å². The van der Waals surface area contributed by atoms with Crippen molar-refractivity contribution in [3.8, 4) is 17.2 Å². The van der Waals surface area contributed by atoms with Crippen LogP contribution in [0.25, 0.3) is 10.9 Å². The molecule has 4 aromatic rings. The van der Waals surface area contributed by atoms with Crippen molar-refractivity contribution in [3.63, 3.8) is 0 Å². The highest BCUT2D eigenvalue weighted by Crippen LogP contribution is 2.29. The second-order valence-corrected chi connectivity index (χ2v) is 23.6. The van der Waals surface area contributed by atoms with E-state index in [1.165, 1.54) is 0 Å². The Morgan fingerprint density at radius 2 is 1.25 bits per heavy atom. The average Bonchev–Trinajstić information content (AvgIpc) is 3.24. The number of alkyl carbamates (subject to hydrolysis) is 1. The second-order valence-electron chi connectivity index (χ2n) is 23.6. The molecule has 0 saturated heterocycles. The van der Waals surface area contributed by atoms with Crippen molar-refractivity contribution in [3.05, 3.63) is 90.1 Å². The third-order valence-corrected chi connectivity index (χ3v) is 14.0. The van der Waals surface area contributed by atoms with Crippen LogP contribution in [0, 0.1) is 17.8 Å². The predicted octanol–water partition coefficient (Wildman–Crippen LogP) is 9.10. The van der Waals surface area contributed by atoms with E-state index >= 15 is 0 Å². The molecule has 0 spiro atoms. The molecule has 3 aromatic carbocycles. The molecule has 7 atom stereocenters. The number of nitrogens with one attached hydrogen (secondary N) is 8. The zero-order valence-electron chi connectivity index (χ0n) is 51.6. The number of rotatable bonds is 35. The molecule has 7 amide bonds. The summed E-state index contributed by atoms with van der Waals surface area (Å²) in [6, 6.07) is 16.9. The van der Waals surface area contributed by atoms with Crippen LogP contribution in [0.2, 0.25) is 0 Å². The molecule has 462 valence electrons. The van der Waals surface area contributed by atoms with Crippen LogP contribution in [-0.2, 0) is 23.9 Å². The van der Waals surface area contributed by atoms with Gasteiger partial charge in [-0.15, -0.1) is 0 Å². The Hall–Kier alpha value is -7.48. The van der Waals surface area contributed by atoms with Gasteiger partial charge in [0.25, 0.3) is 11.8 Å². The lowest BCUT2D eigenvalue weighted by atomic mass is 9.94. The molecule has 1 heterocycles. The largest absolute Gasteiger partial charge is 0.497 e. The topological polar surface area (TPSA) is 277 Å². The highest BCUT2D eigenvalue weighted by atomic mass is 16.6. The van der Waals surface area contributed by atoms with E-state index in [0.717, 1.165) is 29.4 Å². The van der Waals surface area contributed by atoms with E-state index in [-0.39, 0.29) is 59.6 Å². The van der Waals surface area contributed by atoms with Gasteiger partial charge in [0, 0.05) is 54.5 Å². The van der Waals surface area contributed by atoms with Crippen LogP contribution in [-0.4, -0.2) is 120 Å². The highest BCUT2D eigenvalue weighted by molar-refractivity contribution is 5.99. The first-order valence-corrected chi connectivity index (χ1v) is 29.9. The van der Waals surface area contributed by atoms with Gasteiger partial charge < -0.3 is 61.9 Å². The minimum Gasteiger partial charge on any atom is -0.497 e. The molecule has 4 rings (SSSR count). The molecule has 20 heteroatoms. The number of aromatic nitrogens is 1. The summed E-state index contributed by atoms with van der Waals surface area (Å²) in [7, 11) is 1.62. The summed E-state index contributed by atoms with van der Waals surface area (Å²) >= 11 is 0. The van der Waals surface area contributed by atoms with Crippen molar-refractivity contribution < 1.29 is 52.9 Å². The minimum absolute atomic E-state index is 0.00307. The van der Waals surface area contributed by atoms with Crippen LogP contribution in [0.15, 0.2) is 79.0 Å². The van der Waals surface area contributed by atoms with Gasteiger partial charge in [0.15, 0.2) is 0 Å². The van der Waals surface area contributed by atoms with E-state index in [4.69, 9.17) is 14.2 Å². The van der Waals surface area contributed by atoms with Crippen molar-refractivity contribution in [2.24, 2.45) is 17.8 Å². The van der Waals surface area contributed by atoms with Crippen molar-refractivity contribution in [2.75, 3.05) is 32.1 Å². The number of ether oxygens (including phenoxy) is 3. The van der Waals surface area contributed by atoms with Crippen molar-refractivity contribution in [1.82, 2.24) is 42.2 Å². The normalized spacial score (nSPS) is 13.9. The number of methoxy groups -OCH3 is 1. The van der Waals surface area contributed by atoms with Crippen molar-refractivity contribution in [2.45, 2.75) is 189 Å². The van der Waals surface area contributed by atoms with Crippen LogP contribution >= 0.6 is 0 Å². The maximum absolute atomic E-state index is 14.1. The Balaban J connectivity index is 1.37. The van der Waals surface area contributed by atoms with Crippen molar-refractivity contribution in [1.29, 1.82) is 0 Å². The second kappa shape index (κ2) is 35.0. The SMILES string of the molecule is CCCCNC(=O)C[C@H](O)[C@H](CC(C)C)NC(=O)[C@@H](NC(=O)c1ccc(Oc2ccc(C(=O)N[C@@H](CC(C)C)C(=O)N[C@@H](CCCCNC(=O)OC(C)(C)C)C(=O)NCCCC(C)Nc3cc(OC)cc4cccnc34)cc2)cc1)[C@@H](C)CC. The van der Waals surface area contributed by atoms with E-state index in [2.05, 4.69) is 54.4 Å². The summed E-state index contributed by atoms with van der Waals surface area (Å²) < 4.78 is 16.9. The fourth-order valence-electron chi connectivity index (χ4n) is 9.25. The lowest BCUT2D eigenvalue weighted by Crippen LogP contribution is -2.55. The summed E-state index contributed by atoms with van der Waals surface area (Å²) in [4.78, 5) is 98.5. The zero-order chi connectivity index (χ0) is 61.9. The summed E-state index contributed by atoms with van der Waals surface area (Å²) in [6.45, 7) is 22.2. The van der Waals surface area contributed by atoms with E-state index in [0.29, 0.717) is 81.8 Å². The number of carbonyl (C=O) groups excluding carboxylic acids is 7. The minimum atomic E-state index is -1.12. The molecular formula is C64H95N9O11. The number of hydrogen-bond acceptors (Lipinski definition) is 13. The number of anilines is 1. The van der Waals surface area contributed by atoms with Crippen LogP contribution in [0.3, 0.4) is 0 Å². The molecule has 0 fully saturated rings. The smallest absolute Gasteiger partial charge is 0.407 e. The zero-order valence-corrected chi connectivity index (χ0v) is 51.6. The molecule has 9 N–H and O–H groups in total. The number of aliphatic hydroxyl groups is 1. The summed E-state index contributed by atoms with van der Waals surface area (Å²) in [5, 5.41) is 35.7. The molecule has 0 radical (unpaired) electrons. The number of fused-ring (bicyclic) bond motifs is 1. The highest BCUT2D eigenvalue weighted by Gasteiger charge is 2.32. The average molecular weight is 1170 g/mol. The number of nitrogens with zero attached hydrogens (tertiary/aromatic N) is 1. The Morgan fingerprint density at radius 3 is 1.85 bits per heavy atom. The van der Waals surface area contributed by atoms with E-state index in [1.54, 1.807) is 82.6 Å². The number of aliphatic hydroxyl groups excluding tert-OH is 1. The fourth-order valence-corrected chi connectivity index (χ4v) is 9.25. The Bertz CT molecular complexity index is 2730. The Labute approximate surface area is 497 Å². The van der Waals surface area contributed by atoms with Crippen molar-refractivity contribution >= 4 is 58.1 Å². The maximum atomic E-state index is 14.1. The molecule has 0 aliphatic rings. The Morgan fingerprint density at radius 1 is 0.631 bits per heavy atom. The lowest BCUT2D eigenvalue weighted by molar-refractivity contribution is -0.130. The molecule has 20 nitrogen and oxygen atoms in total. The summed E-state index contributed by atoms with van der Waals surface area (Å²) in [5.74, 6) is -1.25. The van der Waals surface area contributed by atoms with Gasteiger partial charge in [-0.1, -0.05) is 67.4 Å². The van der Waals surface area contributed by atoms with E-state index in [1.807, 2.05) is 72.7 Å². The van der Waals surface area contributed by atoms with Crippen LogP contribution in [0.5, 0.6) is 17.2 Å². The number of hydrogen-bond donors (Lipinski definition) is 9.